The van der Waals surface area contributed by atoms with Crippen molar-refractivity contribution in [2.45, 2.75) is 18.4 Å². The smallest absolute Gasteiger partial charge is 0.118 e. The lowest BCUT2D eigenvalue weighted by Crippen LogP contribution is -2.28. The molecule has 2 atom stereocenters. The lowest BCUT2D eigenvalue weighted by atomic mass is 9.76. The molecule has 0 unspecified atom stereocenters. The molecule has 2 aromatic rings. The number of hydrogen-bond donors (Lipinski definition) is 1. The maximum atomic E-state index is 10.6. The van der Waals surface area contributed by atoms with E-state index in [0.717, 1.165) is 11.3 Å². The van der Waals surface area contributed by atoms with Crippen LogP contribution in [-0.4, -0.2) is 12.2 Å². The fraction of sp³-hybridized carbons (Fsp3) is 0.235. The Bertz CT molecular complexity index is 601. The van der Waals surface area contributed by atoms with Crippen molar-refractivity contribution in [2.24, 2.45) is 0 Å². The van der Waals surface area contributed by atoms with Crippen LogP contribution in [0.2, 0.25) is 0 Å². The van der Waals surface area contributed by atoms with Crippen molar-refractivity contribution in [3.8, 4) is 11.8 Å². The second-order valence-electron chi connectivity index (χ2n) is 4.86. The van der Waals surface area contributed by atoms with E-state index in [9.17, 15) is 10.4 Å². The molecule has 0 heterocycles. The summed E-state index contributed by atoms with van der Waals surface area (Å²) in [4.78, 5) is 0. The van der Waals surface area contributed by atoms with Crippen molar-refractivity contribution >= 4 is 0 Å². The van der Waals surface area contributed by atoms with Crippen molar-refractivity contribution in [3.05, 3.63) is 65.7 Å². The topological polar surface area (TPSA) is 53.2 Å². The van der Waals surface area contributed by atoms with E-state index in [-0.39, 0.29) is 0 Å². The van der Waals surface area contributed by atoms with Crippen molar-refractivity contribution < 1.29 is 9.84 Å². The average Bonchev–Trinajstić information content (AvgIpc) is 2.54. The highest BCUT2D eigenvalue weighted by Crippen LogP contribution is 2.37. The molecular weight excluding hydrogens is 250 g/mol. The van der Waals surface area contributed by atoms with Gasteiger partial charge in [0.2, 0.25) is 0 Å². The molecule has 0 bridgehead atoms. The third kappa shape index (κ3) is 2.52. The second-order valence-corrected chi connectivity index (χ2v) is 4.86. The summed E-state index contributed by atoms with van der Waals surface area (Å²) in [5, 5.41) is 20.1. The zero-order valence-corrected chi connectivity index (χ0v) is 11.6. The van der Waals surface area contributed by atoms with E-state index < -0.39 is 11.5 Å². The van der Waals surface area contributed by atoms with Gasteiger partial charge in [0.15, 0.2) is 0 Å². The largest absolute Gasteiger partial charge is 0.497 e. The Labute approximate surface area is 119 Å². The molecule has 3 nitrogen and oxygen atoms in total. The average molecular weight is 267 g/mol. The summed E-state index contributed by atoms with van der Waals surface area (Å²) in [6, 6.07) is 18.7. The summed E-state index contributed by atoms with van der Waals surface area (Å²) in [5.41, 5.74) is 0.500. The van der Waals surface area contributed by atoms with Crippen LogP contribution in [0.15, 0.2) is 54.6 Å². The van der Waals surface area contributed by atoms with Crippen molar-refractivity contribution in [1.29, 1.82) is 5.26 Å². The minimum absolute atomic E-state index is 0.693. The number of methoxy groups -OCH3 is 1. The molecule has 0 aliphatic rings. The third-order valence-corrected chi connectivity index (χ3v) is 3.58. The van der Waals surface area contributed by atoms with Gasteiger partial charge in [0.1, 0.15) is 17.3 Å². The van der Waals surface area contributed by atoms with Crippen LogP contribution >= 0.6 is 0 Å². The van der Waals surface area contributed by atoms with E-state index in [2.05, 4.69) is 6.07 Å². The Morgan fingerprint density at radius 1 is 1.10 bits per heavy atom. The first-order valence-corrected chi connectivity index (χ1v) is 6.40. The summed E-state index contributed by atoms with van der Waals surface area (Å²) in [7, 11) is 1.59. The van der Waals surface area contributed by atoms with Gasteiger partial charge >= 0.3 is 0 Å². The van der Waals surface area contributed by atoms with Crippen LogP contribution in [0.25, 0.3) is 0 Å². The molecule has 0 saturated carbocycles. The number of aliphatic hydroxyl groups is 1. The van der Waals surface area contributed by atoms with Gasteiger partial charge in [0, 0.05) is 0 Å². The zero-order valence-electron chi connectivity index (χ0n) is 11.6. The summed E-state index contributed by atoms with van der Waals surface area (Å²) in [5.74, 6) is 0.722. The number of nitriles is 1. The van der Waals surface area contributed by atoms with Crippen LogP contribution in [0.4, 0.5) is 0 Å². The minimum atomic E-state index is -0.990. The van der Waals surface area contributed by atoms with Gasteiger partial charge in [-0.25, -0.2) is 0 Å². The fourth-order valence-corrected chi connectivity index (χ4v) is 2.19. The normalized spacial score (nSPS) is 14.9. The Morgan fingerprint density at radius 2 is 1.70 bits per heavy atom. The summed E-state index contributed by atoms with van der Waals surface area (Å²) in [6.07, 6.45) is -0.902. The van der Waals surface area contributed by atoms with Gasteiger partial charge in [-0.15, -0.1) is 0 Å². The minimum Gasteiger partial charge on any atom is -0.497 e. The van der Waals surface area contributed by atoms with Gasteiger partial charge < -0.3 is 9.84 Å². The number of rotatable bonds is 4. The van der Waals surface area contributed by atoms with E-state index in [1.807, 2.05) is 30.3 Å². The highest BCUT2D eigenvalue weighted by Gasteiger charge is 2.36. The standard InChI is InChI=1S/C17H17NO2/c1-17(12-18,14-6-4-3-5-7-14)16(19)13-8-10-15(20-2)11-9-13/h3-11,16,19H,1-2H3/t16-,17-/m0/s1. The molecule has 2 rings (SSSR count). The van der Waals surface area contributed by atoms with E-state index >= 15 is 0 Å². The molecule has 0 fully saturated rings. The second kappa shape index (κ2) is 5.77. The molecule has 0 aliphatic heterocycles. The molecule has 2 aromatic carbocycles. The fourth-order valence-electron chi connectivity index (χ4n) is 2.19. The molecule has 102 valence electrons. The zero-order chi connectivity index (χ0) is 14.6. The molecule has 0 saturated heterocycles. The van der Waals surface area contributed by atoms with Crippen LogP contribution in [-0.2, 0) is 5.41 Å². The summed E-state index contributed by atoms with van der Waals surface area (Å²) < 4.78 is 5.10. The van der Waals surface area contributed by atoms with Crippen molar-refractivity contribution in [2.75, 3.05) is 7.11 Å². The molecule has 0 aliphatic carbocycles. The van der Waals surface area contributed by atoms with Gasteiger partial charge in [-0.2, -0.15) is 5.26 Å². The maximum Gasteiger partial charge on any atom is 0.118 e. The predicted octanol–water partition coefficient (Wildman–Crippen LogP) is 3.21. The van der Waals surface area contributed by atoms with E-state index in [1.54, 1.807) is 38.3 Å². The van der Waals surface area contributed by atoms with E-state index in [0.29, 0.717) is 5.56 Å². The number of aliphatic hydroxyl groups excluding tert-OH is 1. The Morgan fingerprint density at radius 3 is 2.20 bits per heavy atom. The number of ether oxygens (including phenoxy) is 1. The lowest BCUT2D eigenvalue weighted by molar-refractivity contribution is 0.119. The highest BCUT2D eigenvalue weighted by atomic mass is 16.5. The molecular formula is C17H17NO2. The molecule has 1 N–H and O–H groups in total. The van der Waals surface area contributed by atoms with Gasteiger partial charge in [0.25, 0.3) is 0 Å². The number of hydrogen-bond acceptors (Lipinski definition) is 3. The summed E-state index contributed by atoms with van der Waals surface area (Å²) in [6.45, 7) is 1.75. The third-order valence-electron chi connectivity index (χ3n) is 3.58. The first-order valence-electron chi connectivity index (χ1n) is 6.40. The predicted molar refractivity (Wildman–Crippen MR) is 77.4 cm³/mol. The van der Waals surface area contributed by atoms with E-state index in [1.165, 1.54) is 0 Å². The van der Waals surface area contributed by atoms with Crippen LogP contribution in [0.3, 0.4) is 0 Å². The monoisotopic (exact) mass is 267 g/mol. The van der Waals surface area contributed by atoms with Crippen LogP contribution in [0, 0.1) is 11.3 Å². The highest BCUT2D eigenvalue weighted by molar-refractivity contribution is 5.38. The van der Waals surface area contributed by atoms with Crippen molar-refractivity contribution in [1.82, 2.24) is 0 Å². The quantitative estimate of drug-likeness (QED) is 0.925. The molecule has 0 amide bonds. The van der Waals surface area contributed by atoms with Gasteiger partial charge in [-0.1, -0.05) is 42.5 Å². The number of benzene rings is 2. The number of nitrogens with zero attached hydrogens (tertiary/aromatic N) is 1. The Hall–Kier alpha value is -2.31. The van der Waals surface area contributed by atoms with Gasteiger partial charge in [-0.05, 0) is 30.2 Å². The molecule has 3 heteroatoms. The first-order chi connectivity index (χ1) is 9.61. The SMILES string of the molecule is COc1ccc([C@H](O)[C@@](C)(C#N)c2ccccc2)cc1. The molecule has 0 radical (unpaired) electrons. The van der Waals surface area contributed by atoms with Gasteiger partial charge in [0.05, 0.1) is 13.2 Å². The molecule has 0 spiro atoms. The van der Waals surface area contributed by atoms with Crippen LogP contribution < -0.4 is 4.74 Å². The molecule has 20 heavy (non-hydrogen) atoms. The van der Waals surface area contributed by atoms with Crippen LogP contribution in [0.1, 0.15) is 24.2 Å². The maximum absolute atomic E-state index is 10.6. The Kier molecular flexibility index (Phi) is 4.07. The molecule has 0 aromatic heterocycles. The van der Waals surface area contributed by atoms with Crippen molar-refractivity contribution in [3.63, 3.8) is 0 Å². The van der Waals surface area contributed by atoms with Crippen LogP contribution in [0.5, 0.6) is 5.75 Å². The summed E-state index contributed by atoms with van der Waals surface area (Å²) >= 11 is 0. The first kappa shape index (κ1) is 14.1. The Balaban J connectivity index is 2.38. The van der Waals surface area contributed by atoms with Gasteiger partial charge in [-0.3, -0.25) is 0 Å². The lowest BCUT2D eigenvalue weighted by Gasteiger charge is -2.28. The van der Waals surface area contributed by atoms with E-state index in [4.69, 9.17) is 4.74 Å².